The molecule has 188 valence electrons. The zero-order valence-corrected chi connectivity index (χ0v) is 22.9. The largest absolute Gasteiger partial charge is 0.284 e. The minimum atomic E-state index is -0.0618. The van der Waals surface area contributed by atoms with E-state index in [1.807, 2.05) is 0 Å². The number of aryl methyl sites for hydroxylation is 2. The van der Waals surface area contributed by atoms with Crippen LogP contribution < -0.4 is 9.35 Å². The van der Waals surface area contributed by atoms with Crippen molar-refractivity contribution in [3.05, 3.63) is 144 Å². The van der Waals surface area contributed by atoms with Gasteiger partial charge in [-0.25, -0.2) is 0 Å². The Kier molecular flexibility index (Phi) is 5.28. The second-order valence-corrected chi connectivity index (χ2v) is 11.2. The highest BCUT2D eigenvalue weighted by Gasteiger charge is 2.38. The SMILES string of the molecule is Cc1ccccc1-c1cccc[n+]1-[n+]1ccccc1-c1cc2c(cc1C)C(C)(C)c1c-2ccc2ccccc12. The number of hydrogen-bond acceptors (Lipinski definition) is 0. The van der Waals surface area contributed by atoms with E-state index in [4.69, 9.17) is 0 Å². The third-order valence-electron chi connectivity index (χ3n) is 8.49. The first-order valence-electron chi connectivity index (χ1n) is 13.7. The van der Waals surface area contributed by atoms with E-state index in [9.17, 15) is 0 Å². The maximum absolute atomic E-state index is 2.43. The van der Waals surface area contributed by atoms with Gasteiger partial charge in [0.2, 0.25) is 12.4 Å². The van der Waals surface area contributed by atoms with Crippen molar-refractivity contribution in [1.29, 1.82) is 0 Å². The second kappa shape index (κ2) is 8.74. The first-order chi connectivity index (χ1) is 18.9. The number of fused-ring (bicyclic) bond motifs is 5. The maximum atomic E-state index is 2.43. The lowest BCUT2D eigenvalue weighted by atomic mass is 9.79. The molecule has 0 bridgehead atoms. The van der Waals surface area contributed by atoms with Crippen LogP contribution in [0.3, 0.4) is 0 Å². The van der Waals surface area contributed by atoms with Gasteiger partial charge in [0.25, 0.3) is 11.4 Å². The zero-order chi connectivity index (χ0) is 26.7. The molecule has 0 saturated heterocycles. The lowest BCUT2D eigenvalue weighted by molar-refractivity contribution is -1.29. The van der Waals surface area contributed by atoms with Crippen molar-refractivity contribution in [1.82, 2.24) is 0 Å². The van der Waals surface area contributed by atoms with Crippen molar-refractivity contribution >= 4 is 10.8 Å². The molecule has 0 amide bonds. The molecule has 0 saturated carbocycles. The number of hydrogen-bond donors (Lipinski definition) is 0. The van der Waals surface area contributed by atoms with Crippen LogP contribution in [0.1, 0.15) is 36.1 Å². The van der Waals surface area contributed by atoms with Gasteiger partial charge < -0.3 is 0 Å². The number of benzene rings is 4. The third kappa shape index (κ3) is 3.55. The summed E-state index contributed by atoms with van der Waals surface area (Å²) < 4.78 is 4.54. The van der Waals surface area contributed by atoms with E-state index >= 15 is 0 Å². The fraction of sp³-hybridized carbons (Fsp3) is 0.135. The van der Waals surface area contributed by atoms with Gasteiger partial charge in [-0.3, -0.25) is 0 Å². The Bertz CT molecular complexity index is 1910. The third-order valence-corrected chi connectivity index (χ3v) is 8.49. The fourth-order valence-electron chi connectivity index (χ4n) is 6.56. The Labute approximate surface area is 230 Å². The predicted molar refractivity (Wildman–Crippen MR) is 159 cm³/mol. The highest BCUT2D eigenvalue weighted by Crippen LogP contribution is 2.52. The topological polar surface area (TPSA) is 7.76 Å². The van der Waals surface area contributed by atoms with E-state index in [1.54, 1.807) is 0 Å². The van der Waals surface area contributed by atoms with Crippen LogP contribution in [0.2, 0.25) is 0 Å². The normalized spacial score (nSPS) is 13.3. The van der Waals surface area contributed by atoms with Crippen LogP contribution in [0.15, 0.2) is 122 Å². The molecule has 0 fully saturated rings. The molecule has 7 rings (SSSR count). The van der Waals surface area contributed by atoms with E-state index in [2.05, 4.69) is 159 Å². The molecule has 0 unspecified atom stereocenters. The Morgan fingerprint density at radius 3 is 1.90 bits per heavy atom. The minimum absolute atomic E-state index is 0.0618. The molecular weight excluding hydrogens is 472 g/mol. The van der Waals surface area contributed by atoms with Gasteiger partial charge in [-0.05, 0) is 82.3 Å². The molecule has 2 heterocycles. The van der Waals surface area contributed by atoms with Crippen molar-refractivity contribution in [2.75, 3.05) is 0 Å². The number of aromatic nitrogens is 2. The van der Waals surface area contributed by atoms with Gasteiger partial charge in [-0.2, -0.15) is 0 Å². The summed E-state index contributed by atoms with van der Waals surface area (Å²) in [7, 11) is 0. The molecular formula is C37H32N2+2. The highest BCUT2D eigenvalue weighted by molar-refractivity contribution is 5.98. The molecule has 2 aromatic heterocycles. The fourth-order valence-corrected chi connectivity index (χ4v) is 6.56. The van der Waals surface area contributed by atoms with E-state index in [0.29, 0.717) is 0 Å². The van der Waals surface area contributed by atoms with Crippen molar-refractivity contribution in [3.63, 3.8) is 0 Å². The van der Waals surface area contributed by atoms with Crippen LogP contribution in [0, 0.1) is 13.8 Å². The van der Waals surface area contributed by atoms with Gasteiger partial charge in [-0.15, -0.1) is 0 Å². The molecule has 0 aliphatic heterocycles. The summed E-state index contributed by atoms with van der Waals surface area (Å²) in [4.78, 5) is 0. The highest BCUT2D eigenvalue weighted by atomic mass is 15.4. The molecule has 4 aromatic carbocycles. The van der Waals surface area contributed by atoms with E-state index < -0.39 is 0 Å². The number of pyridine rings is 2. The molecule has 2 nitrogen and oxygen atoms in total. The van der Waals surface area contributed by atoms with E-state index in [-0.39, 0.29) is 5.41 Å². The first kappa shape index (κ1) is 23.5. The molecule has 0 spiro atoms. The van der Waals surface area contributed by atoms with Gasteiger partial charge in [0.1, 0.15) is 0 Å². The summed E-state index contributed by atoms with van der Waals surface area (Å²) in [5.74, 6) is 0. The van der Waals surface area contributed by atoms with E-state index in [0.717, 1.165) is 11.4 Å². The molecule has 0 radical (unpaired) electrons. The standard InChI is InChI=1S/C37H32N2/c1-25-13-5-7-15-28(25)34-17-9-11-21-38(34)39-22-12-10-18-35(39)31-24-32-30-20-19-27-14-6-8-16-29(27)36(30)37(3,4)33(32)23-26(31)2/h5-24H,1-4H3/q+2. The van der Waals surface area contributed by atoms with Crippen LogP contribution in [-0.4, -0.2) is 0 Å². The maximum Gasteiger partial charge on any atom is 0.284 e. The van der Waals surface area contributed by atoms with Gasteiger partial charge in [0.15, 0.2) is 0 Å². The molecule has 2 heteroatoms. The lowest BCUT2D eigenvalue weighted by Crippen LogP contribution is -2.68. The quantitative estimate of drug-likeness (QED) is 0.216. The Hall–Kier alpha value is -4.56. The first-order valence-corrected chi connectivity index (χ1v) is 13.7. The van der Waals surface area contributed by atoms with Crippen molar-refractivity contribution in [2.45, 2.75) is 33.1 Å². The number of rotatable bonds is 3. The van der Waals surface area contributed by atoms with Gasteiger partial charge in [-0.1, -0.05) is 74.5 Å². The predicted octanol–water partition coefficient (Wildman–Crippen LogP) is 7.98. The lowest BCUT2D eigenvalue weighted by Gasteiger charge is -2.23. The molecule has 1 aliphatic carbocycles. The average molecular weight is 505 g/mol. The zero-order valence-electron chi connectivity index (χ0n) is 22.9. The number of nitrogens with zero attached hydrogens (tertiary/aromatic N) is 2. The van der Waals surface area contributed by atoms with E-state index in [1.165, 1.54) is 55.3 Å². The van der Waals surface area contributed by atoms with Gasteiger partial charge >= 0.3 is 0 Å². The minimum Gasteiger partial charge on any atom is -0.0620 e. The summed E-state index contributed by atoms with van der Waals surface area (Å²) in [5, 5.41) is 2.66. The smallest absolute Gasteiger partial charge is 0.0620 e. The Morgan fingerprint density at radius 2 is 1.15 bits per heavy atom. The van der Waals surface area contributed by atoms with Crippen LogP contribution in [0.4, 0.5) is 0 Å². The van der Waals surface area contributed by atoms with Crippen molar-refractivity contribution in [3.8, 4) is 33.6 Å². The second-order valence-electron chi connectivity index (χ2n) is 11.2. The molecule has 39 heavy (non-hydrogen) atoms. The summed E-state index contributed by atoms with van der Waals surface area (Å²) in [5.41, 5.74) is 12.8. The molecule has 1 aliphatic rings. The average Bonchev–Trinajstić information content (AvgIpc) is 3.19. The Balaban J connectivity index is 1.46. The van der Waals surface area contributed by atoms with Gasteiger partial charge in [0, 0.05) is 29.7 Å². The van der Waals surface area contributed by atoms with Crippen molar-refractivity contribution < 1.29 is 9.35 Å². The van der Waals surface area contributed by atoms with Gasteiger partial charge in [0.05, 0.1) is 20.5 Å². The van der Waals surface area contributed by atoms with Crippen LogP contribution in [0.25, 0.3) is 44.4 Å². The molecule has 6 aromatic rings. The monoisotopic (exact) mass is 504 g/mol. The summed E-state index contributed by atoms with van der Waals surface area (Å²) in [6.07, 6.45) is 4.31. The molecule has 0 atom stereocenters. The summed E-state index contributed by atoms with van der Waals surface area (Å²) >= 11 is 0. The Morgan fingerprint density at radius 1 is 0.513 bits per heavy atom. The molecule has 0 N–H and O–H groups in total. The summed E-state index contributed by atoms with van der Waals surface area (Å²) in [6.45, 7) is 9.18. The van der Waals surface area contributed by atoms with Crippen LogP contribution in [0.5, 0.6) is 0 Å². The van der Waals surface area contributed by atoms with Crippen molar-refractivity contribution in [2.24, 2.45) is 0 Å². The van der Waals surface area contributed by atoms with Crippen LogP contribution >= 0.6 is 0 Å². The van der Waals surface area contributed by atoms with Crippen LogP contribution in [-0.2, 0) is 5.41 Å². The summed E-state index contributed by atoms with van der Waals surface area (Å²) in [6, 6.07) is 39.7.